The summed E-state index contributed by atoms with van der Waals surface area (Å²) in [5.74, 6) is 1.98. The van der Waals surface area contributed by atoms with Gasteiger partial charge in [0.15, 0.2) is 0 Å². The van der Waals surface area contributed by atoms with Crippen molar-refractivity contribution in [3.05, 3.63) is 66.0 Å². The first kappa shape index (κ1) is 19.0. The van der Waals surface area contributed by atoms with Gasteiger partial charge in [-0.25, -0.2) is 4.98 Å². The number of fused-ring (bicyclic) bond motifs is 2. The smallest absolute Gasteiger partial charge is 0.256 e. The molecule has 32 heavy (non-hydrogen) atoms. The minimum absolute atomic E-state index is 0.0599. The molecule has 2 aromatic carbocycles. The van der Waals surface area contributed by atoms with E-state index in [0.29, 0.717) is 17.4 Å². The van der Waals surface area contributed by atoms with Gasteiger partial charge in [-0.3, -0.25) is 4.79 Å². The van der Waals surface area contributed by atoms with Gasteiger partial charge in [-0.2, -0.15) is 15.0 Å². The predicted octanol–water partition coefficient (Wildman–Crippen LogP) is 2.67. The minimum atomic E-state index is 0.0599. The quantitative estimate of drug-likeness (QED) is 0.503. The van der Waals surface area contributed by atoms with Crippen LogP contribution in [0.25, 0.3) is 16.7 Å². The highest BCUT2D eigenvalue weighted by Gasteiger charge is 2.43. The number of para-hydroxylation sites is 2. The van der Waals surface area contributed by atoms with Crippen LogP contribution in [0.5, 0.6) is 0 Å². The number of anilines is 1. The van der Waals surface area contributed by atoms with Crippen LogP contribution in [0.15, 0.2) is 54.9 Å². The van der Waals surface area contributed by atoms with Crippen LogP contribution >= 0.6 is 0 Å². The molecule has 2 fully saturated rings. The highest BCUT2D eigenvalue weighted by molar-refractivity contribution is 5.98. The summed E-state index contributed by atoms with van der Waals surface area (Å²) in [6.07, 6.45) is 3.26. The average Bonchev–Trinajstić information content (AvgIpc) is 3.57. The number of benzene rings is 2. The number of hydrogen-bond donors (Lipinski definition) is 0. The summed E-state index contributed by atoms with van der Waals surface area (Å²) in [6.45, 7) is 5.39. The Labute approximate surface area is 186 Å². The topological polar surface area (TPSA) is 72.1 Å². The zero-order valence-corrected chi connectivity index (χ0v) is 18.2. The molecule has 0 saturated carbocycles. The van der Waals surface area contributed by atoms with Crippen molar-refractivity contribution in [3.8, 4) is 5.69 Å². The van der Waals surface area contributed by atoms with E-state index in [1.807, 2.05) is 42.2 Å². The molecule has 2 aliphatic heterocycles. The van der Waals surface area contributed by atoms with Crippen molar-refractivity contribution in [2.45, 2.75) is 6.92 Å². The number of aryl methyl sites for hydroxylation is 2. The van der Waals surface area contributed by atoms with Gasteiger partial charge in [0.25, 0.3) is 5.91 Å². The van der Waals surface area contributed by atoms with E-state index < -0.39 is 0 Å². The summed E-state index contributed by atoms with van der Waals surface area (Å²) in [5, 5.41) is 8.46. The number of likely N-dealkylation sites (tertiary alicyclic amines) is 1. The van der Waals surface area contributed by atoms with Crippen LogP contribution in [-0.2, 0) is 7.05 Å². The molecule has 0 aliphatic carbocycles. The third-order valence-corrected chi connectivity index (χ3v) is 6.84. The van der Waals surface area contributed by atoms with Crippen LogP contribution in [0, 0.1) is 18.8 Å². The summed E-state index contributed by atoms with van der Waals surface area (Å²) in [6, 6.07) is 14.1. The van der Waals surface area contributed by atoms with Gasteiger partial charge in [0.1, 0.15) is 0 Å². The Morgan fingerprint density at radius 1 is 0.969 bits per heavy atom. The first-order chi connectivity index (χ1) is 15.6. The number of carbonyl (C=O) groups excluding carboxylic acids is 1. The number of aromatic nitrogens is 5. The Balaban J connectivity index is 1.22. The SMILES string of the molecule is Cc1ccc(-n2nccn2)c(C(=O)N2C[C@@H]3CN(c4nc5ccccc5n4C)C[C@@H]3C2)c1. The van der Waals surface area contributed by atoms with E-state index in [1.165, 1.54) is 4.80 Å². The second-order valence-corrected chi connectivity index (χ2v) is 8.93. The number of imidazole rings is 1. The predicted molar refractivity (Wildman–Crippen MR) is 122 cm³/mol. The van der Waals surface area contributed by atoms with Crippen molar-refractivity contribution < 1.29 is 4.79 Å². The zero-order chi connectivity index (χ0) is 21.8. The molecule has 8 heteroatoms. The summed E-state index contributed by atoms with van der Waals surface area (Å²) >= 11 is 0. The second-order valence-electron chi connectivity index (χ2n) is 8.93. The summed E-state index contributed by atoms with van der Waals surface area (Å²) < 4.78 is 2.18. The highest BCUT2D eigenvalue weighted by Crippen LogP contribution is 2.35. The van der Waals surface area contributed by atoms with Gasteiger partial charge in [-0.1, -0.05) is 23.8 Å². The monoisotopic (exact) mass is 427 g/mol. The Morgan fingerprint density at radius 2 is 1.69 bits per heavy atom. The Kier molecular flexibility index (Phi) is 4.28. The first-order valence-electron chi connectivity index (χ1n) is 11.0. The van der Waals surface area contributed by atoms with Crippen molar-refractivity contribution in [3.63, 3.8) is 0 Å². The van der Waals surface area contributed by atoms with E-state index in [-0.39, 0.29) is 5.91 Å². The molecule has 2 atom stereocenters. The molecule has 0 bridgehead atoms. The van der Waals surface area contributed by atoms with Gasteiger partial charge in [-0.15, -0.1) is 0 Å². The lowest BCUT2D eigenvalue weighted by atomic mass is 10.0. The lowest BCUT2D eigenvalue weighted by molar-refractivity contribution is 0.0782. The van der Waals surface area contributed by atoms with Crippen molar-refractivity contribution in [2.24, 2.45) is 18.9 Å². The van der Waals surface area contributed by atoms with E-state index in [4.69, 9.17) is 4.98 Å². The van der Waals surface area contributed by atoms with E-state index in [2.05, 4.69) is 38.8 Å². The van der Waals surface area contributed by atoms with Crippen molar-refractivity contribution in [1.29, 1.82) is 0 Å². The maximum absolute atomic E-state index is 13.5. The van der Waals surface area contributed by atoms with E-state index in [9.17, 15) is 4.79 Å². The van der Waals surface area contributed by atoms with Crippen LogP contribution in [0.3, 0.4) is 0 Å². The molecule has 162 valence electrons. The van der Waals surface area contributed by atoms with Gasteiger partial charge in [0.05, 0.1) is 34.7 Å². The first-order valence-corrected chi connectivity index (χ1v) is 11.0. The number of hydrogen-bond acceptors (Lipinski definition) is 5. The standard InChI is InChI=1S/C24H25N7O/c1-16-7-8-21(31-25-9-10-26-31)19(11-16)23(32)29-12-17-14-30(15-18(17)13-29)24-27-20-5-3-4-6-22(20)28(24)2/h3-11,17-18H,12-15H2,1-2H3/t17-,18+. The molecule has 6 rings (SSSR count). The van der Waals surface area contributed by atoms with E-state index in [1.54, 1.807) is 12.4 Å². The normalized spacial score (nSPS) is 20.3. The summed E-state index contributed by atoms with van der Waals surface area (Å²) in [5.41, 5.74) is 4.61. The van der Waals surface area contributed by atoms with Gasteiger partial charge in [0.2, 0.25) is 5.95 Å². The fraction of sp³-hybridized carbons (Fsp3) is 0.333. The fourth-order valence-electron chi connectivity index (χ4n) is 5.24. The van der Waals surface area contributed by atoms with Crippen molar-refractivity contribution in [1.82, 2.24) is 29.4 Å². The molecule has 8 nitrogen and oxygen atoms in total. The van der Waals surface area contributed by atoms with Crippen molar-refractivity contribution >= 4 is 22.9 Å². The van der Waals surface area contributed by atoms with Crippen LogP contribution in [0.1, 0.15) is 15.9 Å². The Morgan fingerprint density at radius 3 is 2.41 bits per heavy atom. The third-order valence-electron chi connectivity index (χ3n) is 6.84. The number of carbonyl (C=O) groups is 1. The number of nitrogens with zero attached hydrogens (tertiary/aromatic N) is 7. The molecule has 2 saturated heterocycles. The molecule has 0 radical (unpaired) electrons. The second kappa shape index (κ2) is 7.19. The van der Waals surface area contributed by atoms with E-state index in [0.717, 1.165) is 54.4 Å². The molecule has 1 amide bonds. The van der Waals surface area contributed by atoms with Gasteiger partial charge >= 0.3 is 0 Å². The average molecular weight is 428 g/mol. The molecule has 4 heterocycles. The van der Waals surface area contributed by atoms with Crippen LogP contribution in [0.4, 0.5) is 5.95 Å². The van der Waals surface area contributed by atoms with Crippen LogP contribution < -0.4 is 4.90 Å². The zero-order valence-electron chi connectivity index (χ0n) is 18.2. The lowest BCUT2D eigenvalue weighted by Crippen LogP contribution is -2.34. The van der Waals surface area contributed by atoms with Crippen LogP contribution in [-0.4, -0.2) is 61.5 Å². The fourth-order valence-corrected chi connectivity index (χ4v) is 5.24. The van der Waals surface area contributed by atoms with Crippen LogP contribution in [0.2, 0.25) is 0 Å². The number of rotatable bonds is 3. The lowest BCUT2D eigenvalue weighted by Gasteiger charge is -2.23. The number of amides is 1. The molecular formula is C24H25N7O. The molecule has 0 unspecified atom stereocenters. The maximum atomic E-state index is 13.5. The van der Waals surface area contributed by atoms with Gasteiger partial charge in [0, 0.05) is 45.1 Å². The van der Waals surface area contributed by atoms with Gasteiger partial charge < -0.3 is 14.4 Å². The molecule has 4 aromatic rings. The molecule has 2 aromatic heterocycles. The Bertz CT molecular complexity index is 1300. The van der Waals surface area contributed by atoms with Crippen molar-refractivity contribution in [2.75, 3.05) is 31.1 Å². The maximum Gasteiger partial charge on any atom is 0.256 e. The third kappa shape index (κ3) is 2.97. The Hall–Kier alpha value is -3.68. The summed E-state index contributed by atoms with van der Waals surface area (Å²) in [7, 11) is 2.08. The minimum Gasteiger partial charge on any atom is -0.342 e. The molecular weight excluding hydrogens is 402 g/mol. The summed E-state index contributed by atoms with van der Waals surface area (Å²) in [4.78, 5) is 24.3. The molecule has 0 spiro atoms. The molecule has 2 aliphatic rings. The van der Waals surface area contributed by atoms with Gasteiger partial charge in [-0.05, 0) is 31.2 Å². The largest absolute Gasteiger partial charge is 0.342 e. The molecule has 0 N–H and O–H groups in total. The van der Waals surface area contributed by atoms with E-state index >= 15 is 0 Å². The highest BCUT2D eigenvalue weighted by atomic mass is 16.2.